The fraction of sp³-hybridized carbons (Fsp3) is 0.538. The molecule has 1 saturated heterocycles. The first-order valence-corrected chi connectivity index (χ1v) is 6.81. The number of esters is 1. The Morgan fingerprint density at radius 2 is 2.00 bits per heavy atom. The Kier molecular flexibility index (Phi) is 5.03. The monoisotopic (exact) mass is 300 g/mol. The molecule has 1 fully saturated rings. The molecule has 110 valence electrons. The number of carbonyl (C=O) groups excluding carboxylic acids is 2. The van der Waals surface area contributed by atoms with E-state index in [9.17, 15) is 9.59 Å². The number of methoxy groups -OCH3 is 1. The molecule has 0 atom stereocenters. The van der Waals surface area contributed by atoms with Crippen LogP contribution in [0.15, 0.2) is 16.5 Å². The molecular formula is C13H17ClN2O4. The highest BCUT2D eigenvalue weighted by Gasteiger charge is 2.24. The largest absolute Gasteiger partial charge is 0.469 e. The second kappa shape index (κ2) is 6.76. The lowest BCUT2D eigenvalue weighted by Gasteiger charge is -2.34. The maximum absolute atomic E-state index is 12.1. The fourth-order valence-electron chi connectivity index (χ4n) is 2.11. The summed E-state index contributed by atoms with van der Waals surface area (Å²) in [6, 6.07) is 3.13. The predicted octanol–water partition coefficient (Wildman–Crippen LogP) is 1.25. The Morgan fingerprint density at radius 3 is 2.55 bits per heavy atom. The summed E-state index contributed by atoms with van der Waals surface area (Å²) in [7, 11) is 1.38. The van der Waals surface area contributed by atoms with Gasteiger partial charge in [-0.2, -0.15) is 0 Å². The maximum Gasteiger partial charge on any atom is 0.306 e. The van der Waals surface area contributed by atoms with Crippen molar-refractivity contribution in [2.24, 2.45) is 0 Å². The molecule has 0 radical (unpaired) electrons. The number of rotatable bonds is 4. The molecule has 0 N–H and O–H groups in total. The Labute approximate surface area is 122 Å². The number of carbonyl (C=O) groups is 2. The lowest BCUT2D eigenvalue weighted by Crippen LogP contribution is -2.49. The number of amides is 1. The summed E-state index contributed by atoms with van der Waals surface area (Å²) < 4.78 is 9.72. The third-order valence-corrected chi connectivity index (χ3v) is 3.51. The van der Waals surface area contributed by atoms with E-state index >= 15 is 0 Å². The van der Waals surface area contributed by atoms with Crippen LogP contribution in [0.1, 0.15) is 17.0 Å². The van der Waals surface area contributed by atoms with E-state index < -0.39 is 0 Å². The lowest BCUT2D eigenvalue weighted by atomic mass is 10.2. The minimum Gasteiger partial charge on any atom is -0.469 e. The van der Waals surface area contributed by atoms with Crippen LogP contribution in [0.5, 0.6) is 0 Å². The summed E-state index contributed by atoms with van der Waals surface area (Å²) in [6.07, 6.45) is 0.373. The van der Waals surface area contributed by atoms with Gasteiger partial charge in [-0.25, -0.2) is 0 Å². The van der Waals surface area contributed by atoms with Crippen LogP contribution in [0.4, 0.5) is 0 Å². The van der Waals surface area contributed by atoms with Gasteiger partial charge in [-0.1, -0.05) is 0 Å². The van der Waals surface area contributed by atoms with Gasteiger partial charge in [0.2, 0.25) is 0 Å². The van der Waals surface area contributed by atoms with Gasteiger partial charge in [-0.15, -0.1) is 0 Å². The summed E-state index contributed by atoms with van der Waals surface area (Å²) in [5, 5.41) is 0.213. The van der Waals surface area contributed by atoms with Crippen molar-refractivity contribution in [2.45, 2.75) is 6.42 Å². The molecule has 0 unspecified atom stereocenters. The second-order valence-corrected chi connectivity index (χ2v) is 4.94. The summed E-state index contributed by atoms with van der Waals surface area (Å²) in [5.41, 5.74) is 0. The number of nitrogens with zero attached hydrogens (tertiary/aromatic N) is 2. The van der Waals surface area contributed by atoms with Gasteiger partial charge in [-0.3, -0.25) is 14.5 Å². The van der Waals surface area contributed by atoms with Crippen molar-refractivity contribution in [1.82, 2.24) is 9.80 Å². The minimum absolute atomic E-state index is 0.149. The standard InChI is InChI=1S/C13H17ClN2O4/c1-19-12(17)4-5-15-6-8-16(9-7-15)13(18)10-2-3-11(14)20-10/h2-3H,4-9H2,1H3. The van der Waals surface area contributed by atoms with Gasteiger partial charge in [0, 0.05) is 32.7 Å². The Balaban J connectivity index is 1.79. The van der Waals surface area contributed by atoms with Gasteiger partial charge < -0.3 is 14.1 Å². The van der Waals surface area contributed by atoms with Crippen molar-refractivity contribution in [3.63, 3.8) is 0 Å². The van der Waals surface area contributed by atoms with Crippen molar-refractivity contribution in [1.29, 1.82) is 0 Å². The van der Waals surface area contributed by atoms with Crippen LogP contribution in [-0.4, -0.2) is 61.5 Å². The van der Waals surface area contributed by atoms with E-state index in [1.165, 1.54) is 7.11 Å². The van der Waals surface area contributed by atoms with Gasteiger partial charge in [0.1, 0.15) is 0 Å². The number of furan rings is 1. The first-order valence-electron chi connectivity index (χ1n) is 6.44. The molecule has 20 heavy (non-hydrogen) atoms. The van der Waals surface area contributed by atoms with E-state index in [2.05, 4.69) is 9.64 Å². The molecule has 0 aromatic carbocycles. The summed E-state index contributed by atoms with van der Waals surface area (Å²) in [5.74, 6) is -0.101. The Bertz CT molecular complexity index is 480. The SMILES string of the molecule is COC(=O)CCN1CCN(C(=O)c2ccc(Cl)o2)CC1. The zero-order valence-electron chi connectivity index (χ0n) is 11.3. The van der Waals surface area contributed by atoms with Crippen LogP contribution in [0, 0.1) is 0 Å². The van der Waals surface area contributed by atoms with Crippen LogP contribution in [0.2, 0.25) is 5.22 Å². The highest BCUT2D eigenvalue weighted by Crippen LogP contribution is 2.16. The molecule has 1 amide bonds. The van der Waals surface area contributed by atoms with Gasteiger partial charge in [0.15, 0.2) is 11.0 Å². The molecule has 1 aromatic heterocycles. The first-order chi connectivity index (χ1) is 9.60. The van der Waals surface area contributed by atoms with Crippen molar-refractivity contribution in [2.75, 3.05) is 39.8 Å². The summed E-state index contributed by atoms with van der Waals surface area (Å²) in [6.45, 7) is 3.34. The fourth-order valence-corrected chi connectivity index (χ4v) is 2.26. The van der Waals surface area contributed by atoms with Crippen LogP contribution < -0.4 is 0 Å². The predicted molar refractivity (Wildman–Crippen MR) is 72.7 cm³/mol. The van der Waals surface area contributed by atoms with Crippen molar-refractivity contribution in [3.8, 4) is 0 Å². The molecule has 2 heterocycles. The molecule has 2 rings (SSSR count). The van der Waals surface area contributed by atoms with Gasteiger partial charge >= 0.3 is 5.97 Å². The van der Waals surface area contributed by atoms with E-state index in [1.807, 2.05) is 0 Å². The average Bonchev–Trinajstić information content (AvgIpc) is 2.91. The summed E-state index contributed by atoms with van der Waals surface area (Å²) in [4.78, 5) is 27.0. The molecule has 0 spiro atoms. The smallest absolute Gasteiger partial charge is 0.306 e. The summed E-state index contributed by atoms with van der Waals surface area (Å²) >= 11 is 5.66. The van der Waals surface area contributed by atoms with Crippen molar-refractivity contribution >= 4 is 23.5 Å². The molecule has 0 saturated carbocycles. The lowest BCUT2D eigenvalue weighted by molar-refractivity contribution is -0.141. The topological polar surface area (TPSA) is 63.0 Å². The third-order valence-electron chi connectivity index (χ3n) is 3.30. The van der Waals surface area contributed by atoms with E-state index in [0.717, 1.165) is 13.1 Å². The number of hydrogen-bond donors (Lipinski definition) is 0. The zero-order chi connectivity index (χ0) is 14.5. The van der Waals surface area contributed by atoms with E-state index in [0.29, 0.717) is 26.1 Å². The van der Waals surface area contributed by atoms with Crippen LogP contribution >= 0.6 is 11.6 Å². The number of piperazine rings is 1. The highest BCUT2D eigenvalue weighted by molar-refractivity contribution is 6.29. The number of ether oxygens (including phenoxy) is 1. The maximum atomic E-state index is 12.1. The Hall–Kier alpha value is -1.53. The highest BCUT2D eigenvalue weighted by atomic mass is 35.5. The minimum atomic E-state index is -0.214. The molecule has 1 aliphatic heterocycles. The van der Waals surface area contributed by atoms with Crippen LogP contribution in [-0.2, 0) is 9.53 Å². The normalized spacial score (nSPS) is 16.2. The molecule has 6 nitrogen and oxygen atoms in total. The average molecular weight is 301 g/mol. The molecule has 1 aliphatic rings. The van der Waals surface area contributed by atoms with Crippen molar-refractivity contribution < 1.29 is 18.7 Å². The molecule has 1 aromatic rings. The molecule has 0 aliphatic carbocycles. The third kappa shape index (κ3) is 3.74. The molecule has 0 bridgehead atoms. The second-order valence-electron chi connectivity index (χ2n) is 4.56. The quantitative estimate of drug-likeness (QED) is 0.783. The Morgan fingerprint density at radius 1 is 1.30 bits per heavy atom. The zero-order valence-corrected chi connectivity index (χ0v) is 12.1. The first kappa shape index (κ1) is 14.9. The van der Waals surface area contributed by atoms with Gasteiger partial charge in [0.25, 0.3) is 5.91 Å². The molecule has 7 heteroatoms. The number of hydrogen-bond acceptors (Lipinski definition) is 5. The van der Waals surface area contributed by atoms with E-state index in [4.69, 9.17) is 16.0 Å². The van der Waals surface area contributed by atoms with Gasteiger partial charge in [0.05, 0.1) is 13.5 Å². The van der Waals surface area contributed by atoms with Crippen LogP contribution in [0.3, 0.4) is 0 Å². The van der Waals surface area contributed by atoms with Gasteiger partial charge in [-0.05, 0) is 23.7 Å². The van der Waals surface area contributed by atoms with E-state index in [1.54, 1.807) is 17.0 Å². The van der Waals surface area contributed by atoms with Crippen molar-refractivity contribution in [3.05, 3.63) is 23.1 Å². The number of halogens is 1. The van der Waals surface area contributed by atoms with Crippen LogP contribution in [0.25, 0.3) is 0 Å². The van der Waals surface area contributed by atoms with E-state index in [-0.39, 0.29) is 22.9 Å². The molecular weight excluding hydrogens is 284 g/mol.